The lowest BCUT2D eigenvalue weighted by Crippen LogP contribution is -2.07. The van der Waals surface area contributed by atoms with Gasteiger partial charge in [0, 0.05) is 12.7 Å². The Morgan fingerprint density at radius 1 is 1.22 bits per heavy atom. The highest BCUT2D eigenvalue weighted by Crippen LogP contribution is 2.17. The van der Waals surface area contributed by atoms with E-state index in [1.54, 1.807) is 6.20 Å². The summed E-state index contributed by atoms with van der Waals surface area (Å²) in [6.45, 7) is 4.61. The minimum Gasteiger partial charge on any atom is -0.369 e. The Morgan fingerprint density at radius 2 is 2.06 bits per heavy atom. The molecule has 0 unspecified atom stereocenters. The average Bonchev–Trinajstić information content (AvgIpc) is 2.41. The Hall–Kier alpha value is -1.80. The molecule has 0 aliphatic heterocycles. The Labute approximate surface area is 112 Å². The third-order valence-electron chi connectivity index (χ3n) is 2.72. The van der Waals surface area contributed by atoms with Gasteiger partial charge in [0.05, 0.1) is 5.02 Å². The highest BCUT2D eigenvalue weighted by Gasteiger charge is 2.01. The van der Waals surface area contributed by atoms with Gasteiger partial charge in [0.15, 0.2) is 0 Å². The highest BCUT2D eigenvalue weighted by molar-refractivity contribution is 6.32. The molecule has 0 spiro atoms. The molecule has 0 radical (unpaired) electrons. The molecule has 1 N–H and O–H groups in total. The van der Waals surface area contributed by atoms with Gasteiger partial charge in [-0.15, -0.1) is 0 Å². The largest absolute Gasteiger partial charge is 0.369 e. The molecular weight excluding hydrogens is 244 g/mol. The fraction of sp³-hybridized carbons (Fsp3) is 0.133. The molecule has 0 aliphatic rings. The Balaban J connectivity index is 1.97. The first-order valence-electron chi connectivity index (χ1n) is 5.86. The van der Waals surface area contributed by atoms with Crippen LogP contribution in [0.1, 0.15) is 11.1 Å². The molecule has 2 nitrogen and oxygen atoms in total. The van der Waals surface area contributed by atoms with Crippen LogP contribution in [0.2, 0.25) is 5.02 Å². The van der Waals surface area contributed by atoms with Gasteiger partial charge in [-0.25, -0.2) is 4.98 Å². The molecule has 0 fully saturated rings. The predicted octanol–water partition coefficient (Wildman–Crippen LogP) is 4.03. The van der Waals surface area contributed by atoms with E-state index in [2.05, 4.69) is 29.0 Å². The molecular formula is C15H15ClN2. The topological polar surface area (TPSA) is 24.9 Å². The standard InChI is InChI=1S/C15H15ClN2/c1-2-12-6-3-4-7-13(12)9-11-18-15-14(16)8-5-10-17-15/h2-8,10H,1,9,11H2,(H,17,18). The normalized spacial score (nSPS) is 10.1. The SMILES string of the molecule is C=Cc1ccccc1CCNc1ncccc1Cl. The van der Waals surface area contributed by atoms with E-state index in [1.807, 2.05) is 30.3 Å². The molecule has 1 aromatic heterocycles. The summed E-state index contributed by atoms with van der Waals surface area (Å²) in [7, 11) is 0. The first kappa shape index (κ1) is 12.7. The lowest BCUT2D eigenvalue weighted by Gasteiger charge is -2.08. The predicted molar refractivity (Wildman–Crippen MR) is 78.0 cm³/mol. The summed E-state index contributed by atoms with van der Waals surface area (Å²) in [5.41, 5.74) is 2.44. The second kappa shape index (κ2) is 6.22. The van der Waals surface area contributed by atoms with Crippen molar-refractivity contribution in [3.63, 3.8) is 0 Å². The van der Waals surface area contributed by atoms with E-state index in [0.29, 0.717) is 5.02 Å². The maximum atomic E-state index is 6.02. The van der Waals surface area contributed by atoms with E-state index in [1.165, 1.54) is 11.1 Å². The van der Waals surface area contributed by atoms with Crippen molar-refractivity contribution in [2.75, 3.05) is 11.9 Å². The molecule has 0 saturated carbocycles. The van der Waals surface area contributed by atoms with E-state index in [0.717, 1.165) is 18.8 Å². The minimum atomic E-state index is 0.648. The van der Waals surface area contributed by atoms with Gasteiger partial charge in [0.2, 0.25) is 0 Å². The molecule has 0 amide bonds. The van der Waals surface area contributed by atoms with Crippen LogP contribution in [0.5, 0.6) is 0 Å². The fourth-order valence-electron chi connectivity index (χ4n) is 1.79. The zero-order valence-electron chi connectivity index (χ0n) is 10.1. The summed E-state index contributed by atoms with van der Waals surface area (Å²) in [6.07, 6.45) is 4.52. The molecule has 1 heterocycles. The number of benzene rings is 1. The third kappa shape index (κ3) is 3.11. The summed E-state index contributed by atoms with van der Waals surface area (Å²) < 4.78 is 0. The Bertz CT molecular complexity index is 538. The Morgan fingerprint density at radius 3 is 2.83 bits per heavy atom. The monoisotopic (exact) mass is 258 g/mol. The quantitative estimate of drug-likeness (QED) is 0.876. The van der Waals surface area contributed by atoms with Crippen LogP contribution in [0.4, 0.5) is 5.82 Å². The van der Waals surface area contributed by atoms with E-state index in [4.69, 9.17) is 11.6 Å². The van der Waals surface area contributed by atoms with Gasteiger partial charge in [-0.2, -0.15) is 0 Å². The number of aromatic nitrogens is 1. The molecule has 2 rings (SSSR count). The highest BCUT2D eigenvalue weighted by atomic mass is 35.5. The van der Waals surface area contributed by atoms with Crippen molar-refractivity contribution in [3.05, 3.63) is 65.3 Å². The molecule has 1 aromatic carbocycles. The van der Waals surface area contributed by atoms with Crippen molar-refractivity contribution in [2.24, 2.45) is 0 Å². The summed E-state index contributed by atoms with van der Waals surface area (Å²) in [6, 6.07) is 11.9. The first-order valence-corrected chi connectivity index (χ1v) is 6.24. The van der Waals surface area contributed by atoms with Crippen molar-refractivity contribution in [1.29, 1.82) is 0 Å². The molecule has 0 bridgehead atoms. The van der Waals surface area contributed by atoms with Crippen LogP contribution < -0.4 is 5.32 Å². The van der Waals surface area contributed by atoms with Crippen LogP contribution in [0, 0.1) is 0 Å². The van der Waals surface area contributed by atoms with E-state index in [-0.39, 0.29) is 0 Å². The number of pyridine rings is 1. The van der Waals surface area contributed by atoms with Gasteiger partial charge in [0.25, 0.3) is 0 Å². The van der Waals surface area contributed by atoms with Crippen molar-refractivity contribution in [2.45, 2.75) is 6.42 Å². The minimum absolute atomic E-state index is 0.648. The van der Waals surface area contributed by atoms with Crippen molar-refractivity contribution < 1.29 is 0 Å². The maximum Gasteiger partial charge on any atom is 0.144 e. The van der Waals surface area contributed by atoms with Gasteiger partial charge in [-0.3, -0.25) is 0 Å². The third-order valence-corrected chi connectivity index (χ3v) is 3.03. The number of hydrogen-bond acceptors (Lipinski definition) is 2. The number of nitrogens with zero attached hydrogens (tertiary/aromatic N) is 1. The van der Waals surface area contributed by atoms with Gasteiger partial charge in [-0.1, -0.05) is 48.5 Å². The van der Waals surface area contributed by atoms with E-state index in [9.17, 15) is 0 Å². The fourth-order valence-corrected chi connectivity index (χ4v) is 1.98. The van der Waals surface area contributed by atoms with Gasteiger partial charge in [0.1, 0.15) is 5.82 Å². The number of halogens is 1. The number of anilines is 1. The van der Waals surface area contributed by atoms with Crippen LogP contribution in [-0.2, 0) is 6.42 Å². The van der Waals surface area contributed by atoms with Crippen molar-refractivity contribution >= 4 is 23.5 Å². The van der Waals surface area contributed by atoms with Crippen molar-refractivity contribution in [3.8, 4) is 0 Å². The zero-order valence-corrected chi connectivity index (χ0v) is 10.8. The van der Waals surface area contributed by atoms with Crippen LogP contribution in [0.15, 0.2) is 49.2 Å². The maximum absolute atomic E-state index is 6.02. The van der Waals surface area contributed by atoms with Crippen LogP contribution in [0.25, 0.3) is 6.08 Å². The van der Waals surface area contributed by atoms with Gasteiger partial charge in [-0.05, 0) is 29.7 Å². The van der Waals surface area contributed by atoms with Crippen molar-refractivity contribution in [1.82, 2.24) is 4.98 Å². The smallest absolute Gasteiger partial charge is 0.144 e. The Kier molecular flexibility index (Phi) is 4.37. The number of nitrogens with one attached hydrogen (secondary N) is 1. The number of rotatable bonds is 5. The first-order chi connectivity index (χ1) is 8.81. The molecule has 0 atom stereocenters. The number of hydrogen-bond donors (Lipinski definition) is 1. The second-order valence-corrected chi connectivity index (χ2v) is 4.32. The summed E-state index contributed by atoms with van der Waals surface area (Å²) in [5, 5.41) is 3.88. The van der Waals surface area contributed by atoms with Crippen LogP contribution in [-0.4, -0.2) is 11.5 Å². The lowest BCUT2D eigenvalue weighted by molar-refractivity contribution is 1.00. The lowest BCUT2D eigenvalue weighted by atomic mass is 10.0. The van der Waals surface area contributed by atoms with Gasteiger partial charge < -0.3 is 5.32 Å². The van der Waals surface area contributed by atoms with Gasteiger partial charge >= 0.3 is 0 Å². The molecule has 92 valence electrons. The van der Waals surface area contributed by atoms with E-state index >= 15 is 0 Å². The molecule has 18 heavy (non-hydrogen) atoms. The van der Waals surface area contributed by atoms with E-state index < -0.39 is 0 Å². The summed E-state index contributed by atoms with van der Waals surface area (Å²) in [5.74, 6) is 0.732. The second-order valence-electron chi connectivity index (χ2n) is 3.91. The summed E-state index contributed by atoms with van der Waals surface area (Å²) in [4.78, 5) is 4.19. The molecule has 2 aromatic rings. The average molecular weight is 259 g/mol. The van der Waals surface area contributed by atoms with Crippen LogP contribution >= 0.6 is 11.6 Å². The molecule has 0 saturated heterocycles. The zero-order chi connectivity index (χ0) is 12.8. The molecule has 0 aliphatic carbocycles. The molecule has 3 heteroatoms. The summed E-state index contributed by atoms with van der Waals surface area (Å²) >= 11 is 6.02. The van der Waals surface area contributed by atoms with Crippen LogP contribution in [0.3, 0.4) is 0 Å².